The summed E-state index contributed by atoms with van der Waals surface area (Å²) < 4.78 is 5.52. The summed E-state index contributed by atoms with van der Waals surface area (Å²) in [5.41, 5.74) is 0. The number of rotatable bonds is 2. The second-order valence-corrected chi connectivity index (χ2v) is 3.22. The van der Waals surface area contributed by atoms with E-state index >= 15 is 0 Å². The van der Waals surface area contributed by atoms with Crippen LogP contribution in [0.3, 0.4) is 0 Å². The van der Waals surface area contributed by atoms with E-state index in [1.807, 2.05) is 30.3 Å². The first-order valence-electron chi connectivity index (χ1n) is 4.25. The molecule has 0 N–H and O–H groups in total. The summed E-state index contributed by atoms with van der Waals surface area (Å²) >= 11 is 5.81. The molecule has 1 radical (unpaired) electrons. The fourth-order valence-corrected chi connectivity index (χ4v) is 1.25. The molecule has 14 heavy (non-hydrogen) atoms. The molecule has 0 aliphatic rings. The van der Waals surface area contributed by atoms with Gasteiger partial charge in [0.05, 0.1) is 0 Å². The fraction of sp³-hybridized carbons (Fsp3) is 0. The largest absolute Gasteiger partial charge is 0.457 e. The van der Waals surface area contributed by atoms with Crippen molar-refractivity contribution in [1.82, 2.24) is 0 Å². The lowest BCUT2D eigenvalue weighted by Crippen LogP contribution is -1.82. The molecule has 2 aromatic rings. The van der Waals surface area contributed by atoms with E-state index in [0.29, 0.717) is 10.8 Å². The molecular weight excluding hydrogens is 196 g/mol. The molecule has 2 heteroatoms. The van der Waals surface area contributed by atoms with Crippen LogP contribution in [0.2, 0.25) is 5.02 Å². The monoisotopic (exact) mass is 203 g/mol. The normalized spacial score (nSPS) is 9.79. The SMILES string of the molecule is Clc1cc[c]c(Oc2ccccc2)c1. The molecule has 0 bridgehead atoms. The van der Waals surface area contributed by atoms with Gasteiger partial charge < -0.3 is 4.74 Å². The van der Waals surface area contributed by atoms with Gasteiger partial charge in [-0.3, -0.25) is 0 Å². The van der Waals surface area contributed by atoms with Crippen LogP contribution in [0.25, 0.3) is 0 Å². The van der Waals surface area contributed by atoms with Crippen molar-refractivity contribution in [1.29, 1.82) is 0 Å². The zero-order chi connectivity index (χ0) is 9.80. The molecular formula is C12H8ClO. The van der Waals surface area contributed by atoms with Crippen LogP contribution in [-0.4, -0.2) is 0 Å². The van der Waals surface area contributed by atoms with E-state index in [4.69, 9.17) is 16.3 Å². The van der Waals surface area contributed by atoms with Gasteiger partial charge in [-0.1, -0.05) is 29.8 Å². The molecule has 0 fully saturated rings. The van der Waals surface area contributed by atoms with Gasteiger partial charge in [-0.05, 0) is 24.3 Å². The standard InChI is InChI=1S/C12H8ClO/c13-10-5-4-8-12(9-10)14-11-6-2-1-3-7-11/h1-7,9H. The lowest BCUT2D eigenvalue weighted by Gasteiger charge is -2.04. The first-order chi connectivity index (χ1) is 6.84. The zero-order valence-electron chi connectivity index (χ0n) is 7.41. The molecule has 0 aromatic heterocycles. The Kier molecular flexibility index (Phi) is 2.70. The Hall–Kier alpha value is -1.47. The van der Waals surface area contributed by atoms with E-state index in [2.05, 4.69) is 6.07 Å². The molecule has 0 aliphatic carbocycles. The molecule has 0 heterocycles. The van der Waals surface area contributed by atoms with E-state index in [-0.39, 0.29) is 0 Å². The molecule has 0 saturated carbocycles. The molecule has 0 amide bonds. The first-order valence-corrected chi connectivity index (χ1v) is 4.62. The van der Waals surface area contributed by atoms with Gasteiger partial charge >= 0.3 is 0 Å². The van der Waals surface area contributed by atoms with Crippen molar-refractivity contribution in [2.45, 2.75) is 0 Å². The van der Waals surface area contributed by atoms with Crippen LogP contribution in [0.15, 0.2) is 48.5 Å². The molecule has 2 aromatic carbocycles. The van der Waals surface area contributed by atoms with Crippen molar-refractivity contribution in [3.05, 3.63) is 59.6 Å². The fourth-order valence-electron chi connectivity index (χ4n) is 1.09. The summed E-state index contributed by atoms with van der Waals surface area (Å²) in [4.78, 5) is 0. The number of hydrogen-bond donors (Lipinski definition) is 0. The average Bonchev–Trinajstić information content (AvgIpc) is 2.19. The van der Waals surface area contributed by atoms with E-state index < -0.39 is 0 Å². The molecule has 1 nitrogen and oxygen atoms in total. The smallest absolute Gasteiger partial charge is 0.136 e. The quantitative estimate of drug-likeness (QED) is 0.719. The summed E-state index contributed by atoms with van der Waals surface area (Å²) in [6, 6.07) is 17.7. The van der Waals surface area contributed by atoms with E-state index in [0.717, 1.165) is 5.75 Å². The Morgan fingerprint density at radius 2 is 1.86 bits per heavy atom. The van der Waals surface area contributed by atoms with Gasteiger partial charge in [-0.15, -0.1) is 0 Å². The summed E-state index contributed by atoms with van der Waals surface area (Å²) in [6.07, 6.45) is 0. The van der Waals surface area contributed by atoms with Crippen LogP contribution in [0.5, 0.6) is 11.5 Å². The molecule has 0 atom stereocenters. The van der Waals surface area contributed by atoms with Crippen LogP contribution in [0, 0.1) is 6.07 Å². The van der Waals surface area contributed by atoms with E-state index in [1.54, 1.807) is 18.2 Å². The summed E-state index contributed by atoms with van der Waals surface area (Å²) in [5, 5.41) is 0.648. The van der Waals surface area contributed by atoms with Crippen LogP contribution in [0.1, 0.15) is 0 Å². The molecule has 2 rings (SSSR count). The van der Waals surface area contributed by atoms with Crippen LogP contribution in [0.4, 0.5) is 0 Å². The van der Waals surface area contributed by atoms with Crippen LogP contribution < -0.4 is 4.74 Å². The Morgan fingerprint density at radius 1 is 1.07 bits per heavy atom. The number of halogens is 1. The highest BCUT2D eigenvalue weighted by Crippen LogP contribution is 2.22. The van der Waals surface area contributed by atoms with Crippen molar-refractivity contribution < 1.29 is 4.74 Å². The maximum Gasteiger partial charge on any atom is 0.136 e. The van der Waals surface area contributed by atoms with E-state index in [9.17, 15) is 0 Å². The maximum atomic E-state index is 5.81. The molecule has 69 valence electrons. The van der Waals surface area contributed by atoms with Crippen molar-refractivity contribution in [3.8, 4) is 11.5 Å². The lowest BCUT2D eigenvalue weighted by molar-refractivity contribution is 0.481. The Bertz CT molecular complexity index is 412. The molecule has 0 saturated heterocycles. The maximum absolute atomic E-state index is 5.81. The predicted octanol–water partition coefficient (Wildman–Crippen LogP) is 3.93. The molecule has 0 unspecified atom stereocenters. The minimum atomic E-state index is 0.628. The topological polar surface area (TPSA) is 9.23 Å². The van der Waals surface area contributed by atoms with Crippen molar-refractivity contribution in [3.63, 3.8) is 0 Å². The summed E-state index contributed by atoms with van der Waals surface area (Å²) in [5.74, 6) is 1.41. The third-order valence-electron chi connectivity index (χ3n) is 1.71. The van der Waals surface area contributed by atoms with Gasteiger partial charge in [-0.2, -0.15) is 0 Å². The third-order valence-corrected chi connectivity index (χ3v) is 1.94. The Balaban J connectivity index is 2.19. The molecule has 0 aliphatic heterocycles. The van der Waals surface area contributed by atoms with Crippen molar-refractivity contribution in [2.24, 2.45) is 0 Å². The van der Waals surface area contributed by atoms with Gasteiger partial charge in [0.2, 0.25) is 0 Å². The van der Waals surface area contributed by atoms with Crippen molar-refractivity contribution >= 4 is 11.6 Å². The van der Waals surface area contributed by atoms with Crippen LogP contribution >= 0.6 is 11.6 Å². The number of benzene rings is 2. The lowest BCUT2D eigenvalue weighted by atomic mass is 10.3. The highest BCUT2D eigenvalue weighted by molar-refractivity contribution is 6.30. The van der Waals surface area contributed by atoms with Gasteiger partial charge in [0.15, 0.2) is 0 Å². The second kappa shape index (κ2) is 4.16. The first kappa shape index (κ1) is 9.10. The predicted molar refractivity (Wildman–Crippen MR) is 56.8 cm³/mol. The average molecular weight is 204 g/mol. The highest BCUT2D eigenvalue weighted by atomic mass is 35.5. The van der Waals surface area contributed by atoms with Gasteiger partial charge in [0.1, 0.15) is 11.5 Å². The van der Waals surface area contributed by atoms with Gasteiger partial charge in [0.25, 0.3) is 0 Å². The minimum absolute atomic E-state index is 0.628. The van der Waals surface area contributed by atoms with Crippen LogP contribution in [-0.2, 0) is 0 Å². The zero-order valence-corrected chi connectivity index (χ0v) is 8.16. The van der Waals surface area contributed by atoms with Gasteiger partial charge in [0, 0.05) is 17.2 Å². The summed E-state index contributed by atoms with van der Waals surface area (Å²) in [6.45, 7) is 0. The van der Waals surface area contributed by atoms with Crippen molar-refractivity contribution in [2.75, 3.05) is 0 Å². The Morgan fingerprint density at radius 3 is 2.57 bits per heavy atom. The Labute approximate surface area is 87.9 Å². The highest BCUT2D eigenvalue weighted by Gasteiger charge is 1.96. The third kappa shape index (κ3) is 2.27. The molecule has 0 spiro atoms. The second-order valence-electron chi connectivity index (χ2n) is 2.79. The summed E-state index contributed by atoms with van der Waals surface area (Å²) in [7, 11) is 0. The number of para-hydroxylation sites is 1. The number of hydrogen-bond acceptors (Lipinski definition) is 1. The minimum Gasteiger partial charge on any atom is -0.457 e. The number of ether oxygens (including phenoxy) is 1. The van der Waals surface area contributed by atoms with E-state index in [1.165, 1.54) is 0 Å². The van der Waals surface area contributed by atoms with Gasteiger partial charge in [-0.25, -0.2) is 0 Å².